The second kappa shape index (κ2) is 6.66. The number of carbonyl (C=O) groups excluding carboxylic acids is 1. The number of rotatable bonds is 4. The van der Waals surface area contributed by atoms with Crippen molar-refractivity contribution in [2.45, 2.75) is 19.9 Å². The van der Waals surface area contributed by atoms with Crippen LogP contribution in [0.15, 0.2) is 24.3 Å². The second-order valence-corrected chi connectivity index (χ2v) is 7.62. The van der Waals surface area contributed by atoms with E-state index in [2.05, 4.69) is 23.5 Å². The monoisotopic (exact) mass is 325 g/mol. The number of hydrogen-bond acceptors (Lipinski definition) is 4. The summed E-state index contributed by atoms with van der Waals surface area (Å²) in [4.78, 5) is 16.6. The van der Waals surface area contributed by atoms with Crippen molar-refractivity contribution in [1.82, 2.24) is 9.80 Å². The summed E-state index contributed by atoms with van der Waals surface area (Å²) in [5.74, 6) is -0.00527. The van der Waals surface area contributed by atoms with E-state index in [0.29, 0.717) is 17.3 Å². The van der Waals surface area contributed by atoms with E-state index >= 15 is 0 Å². The fourth-order valence-electron chi connectivity index (χ4n) is 2.52. The Morgan fingerprint density at radius 2 is 1.64 bits per heavy atom. The summed E-state index contributed by atoms with van der Waals surface area (Å²) in [6.45, 7) is 7.53. The maximum absolute atomic E-state index is 12.4. The molecule has 122 valence electrons. The molecule has 1 saturated heterocycles. The van der Waals surface area contributed by atoms with Gasteiger partial charge < -0.3 is 4.90 Å². The van der Waals surface area contributed by atoms with E-state index in [1.807, 2.05) is 4.90 Å². The molecule has 1 aliphatic rings. The zero-order valence-corrected chi connectivity index (χ0v) is 14.1. The van der Waals surface area contributed by atoms with Crippen LogP contribution in [-0.4, -0.2) is 62.6 Å². The Balaban J connectivity index is 1.99. The second-order valence-electron chi connectivity index (χ2n) is 5.87. The van der Waals surface area contributed by atoms with Gasteiger partial charge in [0.25, 0.3) is 5.91 Å². The Labute approximate surface area is 132 Å². The van der Waals surface area contributed by atoms with E-state index in [1.165, 1.54) is 0 Å². The minimum absolute atomic E-state index is 0.00527. The number of nitrogens with zero attached hydrogens (tertiary/aromatic N) is 2. The largest absolute Gasteiger partial charge is 0.336 e. The van der Waals surface area contributed by atoms with Crippen molar-refractivity contribution in [2.24, 2.45) is 0 Å². The van der Waals surface area contributed by atoms with Gasteiger partial charge in [-0.2, -0.15) is 0 Å². The molecule has 1 heterocycles. The Morgan fingerprint density at radius 1 is 1.09 bits per heavy atom. The van der Waals surface area contributed by atoms with E-state index in [4.69, 9.17) is 0 Å². The van der Waals surface area contributed by atoms with Crippen molar-refractivity contribution in [2.75, 3.05) is 37.2 Å². The van der Waals surface area contributed by atoms with Gasteiger partial charge in [-0.1, -0.05) is 0 Å². The van der Waals surface area contributed by atoms with Crippen molar-refractivity contribution in [3.8, 4) is 0 Å². The summed E-state index contributed by atoms with van der Waals surface area (Å²) in [6, 6.07) is 7.03. The number of benzene rings is 1. The molecule has 0 aliphatic carbocycles. The fraction of sp³-hybridized carbons (Fsp3) is 0.533. The van der Waals surface area contributed by atoms with Crippen LogP contribution in [0.4, 0.5) is 5.69 Å². The van der Waals surface area contributed by atoms with Crippen LogP contribution in [0.25, 0.3) is 0 Å². The molecule has 1 amide bonds. The first-order valence-corrected chi connectivity index (χ1v) is 9.26. The maximum Gasteiger partial charge on any atom is 0.253 e. The van der Waals surface area contributed by atoms with Crippen LogP contribution in [0.5, 0.6) is 0 Å². The standard InChI is InChI=1S/C15H23N3O3S/c1-12(2)17-8-10-18(11-9-17)15(19)13-4-6-14(7-5-13)16-22(3,20)21/h4-7,12,16H,8-11H2,1-3H3. The molecule has 1 N–H and O–H groups in total. The van der Waals surface area contributed by atoms with Crippen molar-refractivity contribution in [3.63, 3.8) is 0 Å². The number of nitrogens with one attached hydrogen (secondary N) is 1. The van der Waals surface area contributed by atoms with Crippen molar-refractivity contribution in [3.05, 3.63) is 29.8 Å². The van der Waals surface area contributed by atoms with Gasteiger partial charge in [0.2, 0.25) is 10.0 Å². The average Bonchev–Trinajstić information content (AvgIpc) is 2.46. The van der Waals surface area contributed by atoms with Gasteiger partial charge in [-0.05, 0) is 38.1 Å². The van der Waals surface area contributed by atoms with Crippen LogP contribution in [-0.2, 0) is 10.0 Å². The van der Waals surface area contributed by atoms with Gasteiger partial charge in [0.1, 0.15) is 0 Å². The first-order valence-electron chi connectivity index (χ1n) is 7.37. The molecule has 0 atom stereocenters. The third kappa shape index (κ3) is 4.45. The first-order chi connectivity index (χ1) is 10.3. The molecule has 6 nitrogen and oxygen atoms in total. The van der Waals surface area contributed by atoms with Gasteiger partial charge in [0.05, 0.1) is 6.26 Å². The molecule has 1 fully saturated rings. The van der Waals surface area contributed by atoms with Gasteiger partial charge in [-0.15, -0.1) is 0 Å². The SMILES string of the molecule is CC(C)N1CCN(C(=O)c2ccc(NS(C)(=O)=O)cc2)CC1. The molecule has 2 rings (SSSR count). The molecule has 0 radical (unpaired) electrons. The van der Waals surface area contributed by atoms with Gasteiger partial charge in [0, 0.05) is 43.5 Å². The molecule has 22 heavy (non-hydrogen) atoms. The number of hydrogen-bond donors (Lipinski definition) is 1. The molecule has 1 aliphatic heterocycles. The molecule has 0 saturated carbocycles. The molecule has 0 spiro atoms. The van der Waals surface area contributed by atoms with E-state index in [1.54, 1.807) is 24.3 Å². The summed E-state index contributed by atoms with van der Waals surface area (Å²) in [6.07, 6.45) is 1.10. The molecular formula is C15H23N3O3S. The summed E-state index contributed by atoms with van der Waals surface area (Å²) in [5, 5.41) is 0. The summed E-state index contributed by atoms with van der Waals surface area (Å²) >= 11 is 0. The highest BCUT2D eigenvalue weighted by atomic mass is 32.2. The van der Waals surface area contributed by atoms with Crippen molar-refractivity contribution < 1.29 is 13.2 Å². The fourth-order valence-corrected chi connectivity index (χ4v) is 3.08. The molecule has 0 unspecified atom stereocenters. The number of sulfonamides is 1. The third-order valence-corrected chi connectivity index (χ3v) is 4.37. The predicted molar refractivity (Wildman–Crippen MR) is 87.5 cm³/mol. The molecular weight excluding hydrogens is 302 g/mol. The zero-order valence-electron chi connectivity index (χ0n) is 13.2. The molecule has 7 heteroatoms. The zero-order chi connectivity index (χ0) is 16.3. The van der Waals surface area contributed by atoms with E-state index < -0.39 is 10.0 Å². The highest BCUT2D eigenvalue weighted by Gasteiger charge is 2.23. The van der Waals surface area contributed by atoms with Crippen LogP contribution in [0.3, 0.4) is 0 Å². The maximum atomic E-state index is 12.4. The number of carbonyl (C=O) groups is 1. The van der Waals surface area contributed by atoms with Crippen LogP contribution >= 0.6 is 0 Å². The Hall–Kier alpha value is -1.60. The summed E-state index contributed by atoms with van der Waals surface area (Å²) in [5.41, 5.74) is 1.04. The lowest BCUT2D eigenvalue weighted by molar-refractivity contribution is 0.0595. The quantitative estimate of drug-likeness (QED) is 0.904. The van der Waals surface area contributed by atoms with Crippen LogP contribution in [0, 0.1) is 0 Å². The average molecular weight is 325 g/mol. The highest BCUT2D eigenvalue weighted by Crippen LogP contribution is 2.14. The minimum atomic E-state index is -3.30. The Morgan fingerprint density at radius 3 is 2.09 bits per heavy atom. The lowest BCUT2D eigenvalue weighted by Crippen LogP contribution is -2.50. The third-order valence-electron chi connectivity index (χ3n) is 3.77. The molecule has 0 aromatic heterocycles. The first kappa shape index (κ1) is 16.8. The van der Waals surface area contributed by atoms with E-state index in [0.717, 1.165) is 32.4 Å². The minimum Gasteiger partial charge on any atom is -0.336 e. The van der Waals surface area contributed by atoms with Crippen LogP contribution in [0.1, 0.15) is 24.2 Å². The predicted octanol–water partition coefficient (Wildman–Crippen LogP) is 1.22. The normalized spacial score (nSPS) is 16.8. The van der Waals surface area contributed by atoms with Gasteiger partial charge in [-0.3, -0.25) is 14.4 Å². The smallest absolute Gasteiger partial charge is 0.253 e. The van der Waals surface area contributed by atoms with Crippen molar-refractivity contribution >= 4 is 21.6 Å². The van der Waals surface area contributed by atoms with Crippen LogP contribution in [0.2, 0.25) is 0 Å². The van der Waals surface area contributed by atoms with Crippen molar-refractivity contribution in [1.29, 1.82) is 0 Å². The van der Waals surface area contributed by atoms with E-state index in [-0.39, 0.29) is 5.91 Å². The number of piperazine rings is 1. The number of anilines is 1. The molecule has 1 aromatic rings. The van der Waals surface area contributed by atoms with Gasteiger partial charge >= 0.3 is 0 Å². The highest BCUT2D eigenvalue weighted by molar-refractivity contribution is 7.92. The van der Waals surface area contributed by atoms with Crippen LogP contribution < -0.4 is 4.72 Å². The Kier molecular flexibility index (Phi) is 5.08. The molecule has 0 bridgehead atoms. The molecule has 1 aromatic carbocycles. The van der Waals surface area contributed by atoms with Gasteiger partial charge in [-0.25, -0.2) is 8.42 Å². The number of amides is 1. The topological polar surface area (TPSA) is 69.7 Å². The van der Waals surface area contributed by atoms with Gasteiger partial charge in [0.15, 0.2) is 0 Å². The Bertz CT molecular complexity index is 618. The summed E-state index contributed by atoms with van der Waals surface area (Å²) < 4.78 is 24.7. The lowest BCUT2D eigenvalue weighted by Gasteiger charge is -2.37. The van der Waals surface area contributed by atoms with E-state index in [9.17, 15) is 13.2 Å². The summed E-state index contributed by atoms with van der Waals surface area (Å²) in [7, 11) is -3.30. The lowest BCUT2D eigenvalue weighted by atomic mass is 10.1.